The smallest absolute Gasteiger partial charge is 0.0632 e. The number of hydrogen-bond acceptors (Lipinski definition) is 2. The molecule has 0 aliphatic rings. The first-order chi connectivity index (χ1) is 23.5. The van der Waals surface area contributed by atoms with Crippen molar-refractivity contribution in [3.8, 4) is 22.5 Å². The van der Waals surface area contributed by atoms with Gasteiger partial charge in [-0.15, -0.1) is 0 Å². The Kier molecular flexibility index (Phi) is 8.54. The zero-order valence-corrected chi connectivity index (χ0v) is 26.8. The van der Waals surface area contributed by atoms with Gasteiger partial charge in [0.1, 0.15) is 0 Å². The Morgan fingerprint density at radius 2 is 1.00 bits per heavy atom. The van der Waals surface area contributed by atoms with E-state index in [0.29, 0.717) is 11.4 Å². The maximum absolute atomic E-state index is 7.95. The molecule has 0 radical (unpaired) electrons. The van der Waals surface area contributed by atoms with E-state index in [4.69, 9.17) is 11.1 Å². The fourth-order valence-electron chi connectivity index (χ4n) is 5.97. The summed E-state index contributed by atoms with van der Waals surface area (Å²) in [6, 6.07) is 56.3. The lowest BCUT2D eigenvalue weighted by molar-refractivity contribution is 1.09. The van der Waals surface area contributed by atoms with Crippen LogP contribution in [0.3, 0.4) is 0 Å². The van der Waals surface area contributed by atoms with E-state index >= 15 is 0 Å². The highest BCUT2D eigenvalue weighted by Gasteiger charge is 2.11. The van der Waals surface area contributed by atoms with Crippen LogP contribution in [-0.2, 0) is 0 Å². The first-order valence-corrected chi connectivity index (χ1v) is 16.1. The number of para-hydroxylation sites is 2. The molecule has 2 aromatic heterocycles. The third-order valence-corrected chi connectivity index (χ3v) is 8.53. The van der Waals surface area contributed by atoms with E-state index in [1.165, 1.54) is 38.5 Å². The number of nitrogens with zero attached hydrogens (tertiary/aromatic N) is 2. The number of fused-ring (bicyclic) bond motifs is 2. The Balaban J connectivity index is 0.000000182. The topological polar surface area (TPSA) is 59.7 Å². The van der Waals surface area contributed by atoms with E-state index in [0.717, 1.165) is 22.5 Å². The Labute approximate surface area is 281 Å². The highest BCUT2D eigenvalue weighted by atomic mass is 15.0. The number of aromatic nitrogens is 2. The minimum absolute atomic E-state index is 0.423. The average Bonchev–Trinajstić information content (AvgIpc) is 3.78. The van der Waals surface area contributed by atoms with Crippen LogP contribution in [0.1, 0.15) is 16.7 Å². The lowest BCUT2D eigenvalue weighted by atomic mass is 10.0. The summed E-state index contributed by atoms with van der Waals surface area (Å²) in [4.78, 5) is 0. The van der Waals surface area contributed by atoms with Gasteiger partial charge in [0.05, 0.1) is 16.7 Å². The summed E-state index contributed by atoms with van der Waals surface area (Å²) >= 11 is 0. The molecule has 0 bridgehead atoms. The molecule has 48 heavy (non-hydrogen) atoms. The molecule has 0 spiro atoms. The number of benzene rings is 6. The van der Waals surface area contributed by atoms with E-state index in [2.05, 4.69) is 132 Å². The first-order valence-electron chi connectivity index (χ1n) is 16.1. The minimum atomic E-state index is 0.423. The molecule has 4 heteroatoms. The Morgan fingerprint density at radius 1 is 0.521 bits per heavy atom. The van der Waals surface area contributed by atoms with Gasteiger partial charge in [-0.1, -0.05) is 127 Å². The normalized spacial score (nSPS) is 11.3. The third-order valence-electron chi connectivity index (χ3n) is 8.53. The van der Waals surface area contributed by atoms with Crippen LogP contribution in [-0.4, -0.2) is 14.8 Å². The highest BCUT2D eigenvalue weighted by molar-refractivity contribution is 6.10. The van der Waals surface area contributed by atoms with E-state index in [1.54, 1.807) is 6.08 Å². The van der Waals surface area contributed by atoms with Crippen molar-refractivity contribution in [1.29, 1.82) is 5.41 Å². The molecule has 2 heterocycles. The SMILES string of the molecule is Cc1ccc(-c2cc(-n3ccc4ccccc43)cc(-n3ccc4ccccc43)c2)cc1.N=C(/C=C(\N)c1ccccc1)c1ccccc1. The molecule has 0 aliphatic heterocycles. The van der Waals surface area contributed by atoms with E-state index in [1.807, 2.05) is 60.7 Å². The first kappa shape index (κ1) is 30.3. The van der Waals surface area contributed by atoms with Crippen molar-refractivity contribution >= 4 is 33.2 Å². The van der Waals surface area contributed by atoms with Gasteiger partial charge >= 0.3 is 0 Å². The fourth-order valence-corrected chi connectivity index (χ4v) is 5.97. The molecule has 0 saturated heterocycles. The van der Waals surface area contributed by atoms with Crippen molar-refractivity contribution in [2.45, 2.75) is 6.92 Å². The molecule has 0 amide bonds. The second kappa shape index (κ2) is 13.5. The van der Waals surface area contributed by atoms with Gasteiger partial charge in [-0.25, -0.2) is 0 Å². The van der Waals surface area contributed by atoms with Gasteiger partial charge in [0.25, 0.3) is 0 Å². The molecule has 6 aromatic carbocycles. The fraction of sp³-hybridized carbons (Fsp3) is 0.0227. The number of nitrogens with two attached hydrogens (primary N) is 1. The predicted molar refractivity (Wildman–Crippen MR) is 202 cm³/mol. The van der Waals surface area contributed by atoms with Crippen LogP contribution in [0.5, 0.6) is 0 Å². The van der Waals surface area contributed by atoms with Gasteiger partial charge in [0.2, 0.25) is 0 Å². The van der Waals surface area contributed by atoms with E-state index in [-0.39, 0.29) is 0 Å². The molecule has 0 atom stereocenters. The van der Waals surface area contributed by atoms with Crippen molar-refractivity contribution in [1.82, 2.24) is 9.13 Å². The standard InChI is InChI=1S/C29H22N2.C15H14N2/c1-21-10-12-22(13-11-21)25-18-26(30-16-14-23-6-2-4-8-28(23)30)20-27(19-25)31-17-15-24-7-3-5-9-29(24)31;16-14(12-7-3-1-4-8-12)11-15(17)13-9-5-2-6-10-13/h2-20H,1H3;1-11,16H,17H2/b;15-11-,16-14?. The van der Waals surface area contributed by atoms with Crippen LogP contribution in [0.4, 0.5) is 0 Å². The van der Waals surface area contributed by atoms with Gasteiger partial charge in [0.15, 0.2) is 0 Å². The molecule has 8 aromatic rings. The van der Waals surface area contributed by atoms with Crippen LogP contribution in [0, 0.1) is 12.3 Å². The predicted octanol–water partition coefficient (Wildman–Crippen LogP) is 10.6. The van der Waals surface area contributed by atoms with Gasteiger partial charge in [-0.05, 0) is 88.5 Å². The van der Waals surface area contributed by atoms with Gasteiger partial charge in [-0.2, -0.15) is 0 Å². The van der Waals surface area contributed by atoms with Crippen LogP contribution in [0.15, 0.2) is 182 Å². The highest BCUT2D eigenvalue weighted by Crippen LogP contribution is 2.31. The van der Waals surface area contributed by atoms with Gasteiger partial charge < -0.3 is 20.3 Å². The Bertz CT molecular complexity index is 2270. The Hall–Kier alpha value is -6.39. The zero-order valence-electron chi connectivity index (χ0n) is 26.8. The number of hydrogen-bond donors (Lipinski definition) is 2. The van der Waals surface area contributed by atoms with Crippen LogP contribution >= 0.6 is 0 Å². The molecule has 3 N–H and O–H groups in total. The second-order valence-corrected chi connectivity index (χ2v) is 11.8. The van der Waals surface area contributed by atoms with Gasteiger partial charge in [0, 0.05) is 29.5 Å². The summed E-state index contributed by atoms with van der Waals surface area (Å²) in [5, 5.41) is 10.4. The minimum Gasteiger partial charge on any atom is -0.398 e. The van der Waals surface area contributed by atoms with Crippen molar-refractivity contribution in [2.24, 2.45) is 5.73 Å². The molecule has 8 rings (SSSR count). The summed E-state index contributed by atoms with van der Waals surface area (Å²) in [5.41, 5.74) is 17.2. The molecule has 0 unspecified atom stereocenters. The van der Waals surface area contributed by atoms with Crippen molar-refractivity contribution < 1.29 is 0 Å². The molecule has 0 saturated carbocycles. The van der Waals surface area contributed by atoms with Crippen molar-refractivity contribution in [2.75, 3.05) is 0 Å². The van der Waals surface area contributed by atoms with Crippen molar-refractivity contribution in [3.05, 3.63) is 199 Å². The Morgan fingerprint density at radius 3 is 1.54 bits per heavy atom. The number of nitrogens with one attached hydrogen (secondary N) is 1. The molecular formula is C44H36N4. The summed E-state index contributed by atoms with van der Waals surface area (Å²) < 4.78 is 4.56. The summed E-state index contributed by atoms with van der Waals surface area (Å²) in [6.07, 6.45) is 6.01. The summed E-state index contributed by atoms with van der Waals surface area (Å²) in [5.74, 6) is 0. The third kappa shape index (κ3) is 6.46. The molecule has 0 aliphatic carbocycles. The van der Waals surface area contributed by atoms with E-state index in [9.17, 15) is 0 Å². The van der Waals surface area contributed by atoms with Crippen molar-refractivity contribution in [3.63, 3.8) is 0 Å². The second-order valence-electron chi connectivity index (χ2n) is 11.8. The monoisotopic (exact) mass is 620 g/mol. The molecule has 0 fully saturated rings. The summed E-state index contributed by atoms with van der Waals surface area (Å²) in [7, 11) is 0. The van der Waals surface area contributed by atoms with Crippen LogP contribution < -0.4 is 5.73 Å². The lowest BCUT2D eigenvalue weighted by Gasteiger charge is -2.14. The summed E-state index contributed by atoms with van der Waals surface area (Å²) in [6.45, 7) is 2.13. The quantitative estimate of drug-likeness (QED) is 0.179. The number of aryl methyl sites for hydroxylation is 1. The maximum atomic E-state index is 7.95. The van der Waals surface area contributed by atoms with Crippen LogP contribution in [0.25, 0.3) is 50.0 Å². The molecular weight excluding hydrogens is 585 g/mol. The maximum Gasteiger partial charge on any atom is 0.0632 e. The van der Waals surface area contributed by atoms with Gasteiger partial charge in [-0.3, -0.25) is 0 Å². The number of allylic oxidation sites excluding steroid dienone is 1. The largest absolute Gasteiger partial charge is 0.398 e. The lowest BCUT2D eigenvalue weighted by Crippen LogP contribution is -2.02. The zero-order chi connectivity index (χ0) is 32.9. The van der Waals surface area contributed by atoms with Crippen LogP contribution in [0.2, 0.25) is 0 Å². The molecule has 232 valence electrons. The molecule has 4 nitrogen and oxygen atoms in total. The average molecular weight is 621 g/mol. The van der Waals surface area contributed by atoms with E-state index < -0.39 is 0 Å². The number of rotatable bonds is 6.